The summed E-state index contributed by atoms with van der Waals surface area (Å²) in [5.74, 6) is 0.118. The van der Waals surface area contributed by atoms with Crippen molar-refractivity contribution in [2.45, 2.75) is 26.4 Å². The second kappa shape index (κ2) is 6.10. The molecule has 0 spiro atoms. The molecule has 1 aromatic carbocycles. The molecule has 1 amide bonds. The summed E-state index contributed by atoms with van der Waals surface area (Å²) in [6.45, 7) is 7.65. The Morgan fingerprint density at radius 1 is 1.55 bits per heavy atom. The minimum absolute atomic E-state index is 0.118. The third-order valence-corrected chi connectivity index (χ3v) is 4.72. The molecule has 0 bridgehead atoms. The quantitative estimate of drug-likeness (QED) is 0.769. The smallest absolute Gasteiger partial charge is 0.233 e. The Morgan fingerprint density at radius 3 is 2.90 bits per heavy atom. The van der Waals surface area contributed by atoms with Crippen LogP contribution < -0.4 is 0 Å². The van der Waals surface area contributed by atoms with E-state index in [0.717, 1.165) is 4.47 Å². The number of rotatable bonds is 5. The van der Waals surface area contributed by atoms with E-state index in [1.807, 2.05) is 24.0 Å². The van der Waals surface area contributed by atoms with Crippen molar-refractivity contribution in [3.8, 4) is 0 Å². The summed E-state index contributed by atoms with van der Waals surface area (Å²) in [6, 6.07) is 6.10. The number of methoxy groups -OCH3 is 1. The zero-order valence-corrected chi connectivity index (χ0v) is 13.6. The maximum absolute atomic E-state index is 12.8. The maximum Gasteiger partial charge on any atom is 0.233 e. The minimum Gasteiger partial charge on any atom is -0.385 e. The first-order valence-corrected chi connectivity index (χ1v) is 7.49. The lowest BCUT2D eigenvalue weighted by Gasteiger charge is -2.29. The Bertz CT molecular complexity index is 529. The van der Waals surface area contributed by atoms with Crippen LogP contribution in [0.15, 0.2) is 35.3 Å². The number of halogens is 1. The highest BCUT2D eigenvalue weighted by molar-refractivity contribution is 9.10. The first-order chi connectivity index (χ1) is 9.51. The molecule has 0 saturated heterocycles. The number of fused-ring (bicyclic) bond motifs is 1. The highest BCUT2D eigenvalue weighted by Crippen LogP contribution is 2.34. The first-order valence-electron chi connectivity index (χ1n) is 6.70. The van der Waals surface area contributed by atoms with Crippen molar-refractivity contribution in [3.05, 3.63) is 46.5 Å². The van der Waals surface area contributed by atoms with Crippen molar-refractivity contribution in [1.29, 1.82) is 0 Å². The molecule has 108 valence electrons. The summed E-state index contributed by atoms with van der Waals surface area (Å²) in [5, 5.41) is 0. The van der Waals surface area contributed by atoms with Crippen LogP contribution >= 0.6 is 15.9 Å². The van der Waals surface area contributed by atoms with Gasteiger partial charge in [-0.25, -0.2) is 0 Å². The molecule has 0 fully saturated rings. The topological polar surface area (TPSA) is 29.5 Å². The van der Waals surface area contributed by atoms with Gasteiger partial charge in [-0.05, 0) is 30.5 Å². The monoisotopic (exact) mass is 337 g/mol. The molecule has 1 aromatic rings. The van der Waals surface area contributed by atoms with Crippen molar-refractivity contribution in [2.24, 2.45) is 5.41 Å². The SMILES string of the molecule is C=CC(C)(CCOC)C(=O)N1Cc2cccc(Br)c2C1. The van der Waals surface area contributed by atoms with Gasteiger partial charge in [-0.15, -0.1) is 6.58 Å². The number of nitrogens with zero attached hydrogens (tertiary/aromatic N) is 1. The normalized spacial score (nSPS) is 16.6. The van der Waals surface area contributed by atoms with Crippen LogP contribution in [0.5, 0.6) is 0 Å². The van der Waals surface area contributed by atoms with Gasteiger partial charge in [0.15, 0.2) is 0 Å². The molecule has 1 aliphatic rings. The summed E-state index contributed by atoms with van der Waals surface area (Å²) >= 11 is 3.56. The summed E-state index contributed by atoms with van der Waals surface area (Å²) < 4.78 is 6.18. The van der Waals surface area contributed by atoms with Gasteiger partial charge < -0.3 is 9.64 Å². The van der Waals surface area contributed by atoms with Gasteiger partial charge in [0.25, 0.3) is 0 Å². The predicted molar refractivity (Wildman–Crippen MR) is 83.2 cm³/mol. The van der Waals surface area contributed by atoms with Crippen LogP contribution in [0.3, 0.4) is 0 Å². The van der Waals surface area contributed by atoms with E-state index in [9.17, 15) is 4.79 Å². The Kier molecular flexibility index (Phi) is 4.66. The molecule has 1 aliphatic heterocycles. The number of amides is 1. The fourth-order valence-corrected chi connectivity index (χ4v) is 3.03. The van der Waals surface area contributed by atoms with Gasteiger partial charge in [-0.3, -0.25) is 4.79 Å². The predicted octanol–water partition coefficient (Wildman–Crippen LogP) is 3.52. The van der Waals surface area contributed by atoms with Crippen LogP contribution in [-0.4, -0.2) is 24.5 Å². The molecule has 3 nitrogen and oxygen atoms in total. The summed E-state index contributed by atoms with van der Waals surface area (Å²) in [4.78, 5) is 14.7. The van der Waals surface area contributed by atoms with Gasteiger partial charge in [0.05, 0.1) is 5.41 Å². The third-order valence-electron chi connectivity index (χ3n) is 3.98. The van der Waals surface area contributed by atoms with Crippen LogP contribution in [0.2, 0.25) is 0 Å². The van der Waals surface area contributed by atoms with E-state index in [2.05, 4.69) is 28.6 Å². The van der Waals surface area contributed by atoms with Crippen LogP contribution in [0, 0.1) is 5.41 Å². The van der Waals surface area contributed by atoms with Gasteiger partial charge in [-0.2, -0.15) is 0 Å². The van der Waals surface area contributed by atoms with Gasteiger partial charge in [0, 0.05) is 31.3 Å². The number of carbonyl (C=O) groups excluding carboxylic acids is 1. The van der Waals surface area contributed by atoms with Gasteiger partial charge in [-0.1, -0.05) is 34.1 Å². The third kappa shape index (κ3) is 2.81. The number of hydrogen-bond acceptors (Lipinski definition) is 2. The van der Waals surface area contributed by atoms with Crippen molar-refractivity contribution in [3.63, 3.8) is 0 Å². The molecule has 1 atom stereocenters. The second-order valence-electron chi connectivity index (χ2n) is 5.40. The van der Waals surface area contributed by atoms with Crippen LogP contribution in [0.25, 0.3) is 0 Å². The lowest BCUT2D eigenvalue weighted by atomic mass is 9.85. The van der Waals surface area contributed by atoms with Crippen LogP contribution in [-0.2, 0) is 22.6 Å². The molecule has 4 heteroatoms. The highest BCUT2D eigenvalue weighted by atomic mass is 79.9. The molecule has 0 radical (unpaired) electrons. The molecular formula is C16H20BrNO2. The molecule has 0 N–H and O–H groups in total. The second-order valence-corrected chi connectivity index (χ2v) is 6.26. The largest absolute Gasteiger partial charge is 0.385 e. The van der Waals surface area contributed by atoms with E-state index in [1.54, 1.807) is 13.2 Å². The number of benzene rings is 1. The molecular weight excluding hydrogens is 318 g/mol. The molecule has 1 unspecified atom stereocenters. The molecule has 0 aromatic heterocycles. The van der Waals surface area contributed by atoms with E-state index >= 15 is 0 Å². The average Bonchev–Trinajstić information content (AvgIpc) is 2.89. The first kappa shape index (κ1) is 15.3. The van der Waals surface area contributed by atoms with E-state index in [1.165, 1.54) is 11.1 Å². The van der Waals surface area contributed by atoms with E-state index < -0.39 is 5.41 Å². The Morgan fingerprint density at radius 2 is 2.30 bits per heavy atom. The standard InChI is InChI=1S/C16H20BrNO2/c1-4-16(2,8-9-20-3)15(19)18-10-12-6-5-7-14(17)13(12)11-18/h4-7H,1,8-11H2,2-3H3. The lowest BCUT2D eigenvalue weighted by Crippen LogP contribution is -2.39. The fourth-order valence-electron chi connectivity index (χ4n) is 2.50. The Balaban J connectivity index is 2.16. The van der Waals surface area contributed by atoms with Crippen molar-refractivity contribution in [1.82, 2.24) is 4.90 Å². The van der Waals surface area contributed by atoms with Crippen LogP contribution in [0.1, 0.15) is 24.5 Å². The molecule has 2 rings (SSSR count). The average molecular weight is 338 g/mol. The van der Waals surface area contributed by atoms with E-state index in [-0.39, 0.29) is 5.91 Å². The zero-order valence-electron chi connectivity index (χ0n) is 12.0. The lowest BCUT2D eigenvalue weighted by molar-refractivity contribution is -0.140. The van der Waals surface area contributed by atoms with Gasteiger partial charge >= 0.3 is 0 Å². The minimum atomic E-state index is -0.565. The van der Waals surface area contributed by atoms with Crippen molar-refractivity contribution < 1.29 is 9.53 Å². The highest BCUT2D eigenvalue weighted by Gasteiger charge is 2.36. The zero-order chi connectivity index (χ0) is 14.8. The number of hydrogen-bond donors (Lipinski definition) is 0. The Hall–Kier alpha value is -1.13. The molecule has 0 aliphatic carbocycles. The van der Waals surface area contributed by atoms with Crippen molar-refractivity contribution in [2.75, 3.05) is 13.7 Å². The van der Waals surface area contributed by atoms with Gasteiger partial charge in [0.2, 0.25) is 5.91 Å². The van der Waals surface area contributed by atoms with Crippen LogP contribution in [0.4, 0.5) is 0 Å². The molecule has 0 saturated carbocycles. The maximum atomic E-state index is 12.8. The summed E-state index contributed by atoms with van der Waals surface area (Å²) in [6.07, 6.45) is 2.40. The molecule has 20 heavy (non-hydrogen) atoms. The Labute approximate surface area is 128 Å². The van der Waals surface area contributed by atoms with E-state index in [4.69, 9.17) is 4.74 Å². The molecule has 1 heterocycles. The number of carbonyl (C=O) groups is 1. The summed E-state index contributed by atoms with van der Waals surface area (Å²) in [7, 11) is 1.65. The van der Waals surface area contributed by atoms with E-state index in [0.29, 0.717) is 26.1 Å². The number of ether oxygens (including phenoxy) is 1. The van der Waals surface area contributed by atoms with Crippen molar-refractivity contribution >= 4 is 21.8 Å². The fraction of sp³-hybridized carbons (Fsp3) is 0.438. The summed E-state index contributed by atoms with van der Waals surface area (Å²) in [5.41, 5.74) is 1.86. The van der Waals surface area contributed by atoms with Gasteiger partial charge in [0.1, 0.15) is 0 Å².